The molecule has 1 aromatic rings. The van der Waals surface area contributed by atoms with Gasteiger partial charge in [-0.05, 0) is 24.6 Å². The van der Waals surface area contributed by atoms with Gasteiger partial charge < -0.3 is 4.74 Å². The van der Waals surface area contributed by atoms with Gasteiger partial charge in [0.1, 0.15) is 5.75 Å². The van der Waals surface area contributed by atoms with Crippen LogP contribution in [0.3, 0.4) is 0 Å². The molecule has 1 rings (SSSR count). The van der Waals surface area contributed by atoms with Gasteiger partial charge in [-0.3, -0.25) is 0 Å². The molecule has 1 aromatic carbocycles. The SMILES string of the molecule is Cc1cccc(OC(N)(F)F)c1. The maximum absolute atomic E-state index is 12.1. The lowest BCUT2D eigenvalue weighted by molar-refractivity contribution is -0.170. The molecule has 0 spiro atoms. The minimum atomic E-state index is -3.60. The smallest absolute Gasteiger partial charge is 0.420 e. The molecule has 66 valence electrons. The number of halogens is 2. The molecular weight excluding hydrogens is 164 g/mol. The fourth-order valence-corrected chi connectivity index (χ4v) is 0.836. The molecule has 2 N–H and O–H groups in total. The summed E-state index contributed by atoms with van der Waals surface area (Å²) in [6.45, 7) is 1.78. The average molecular weight is 173 g/mol. The van der Waals surface area contributed by atoms with Gasteiger partial charge in [0.15, 0.2) is 0 Å². The van der Waals surface area contributed by atoms with Crippen molar-refractivity contribution in [2.75, 3.05) is 0 Å². The summed E-state index contributed by atoms with van der Waals surface area (Å²) >= 11 is 0. The second-order valence-electron chi connectivity index (χ2n) is 2.48. The molecule has 0 aromatic heterocycles. The Bertz CT molecular complexity index is 270. The molecular formula is C8H9F2NO. The summed E-state index contributed by atoms with van der Waals surface area (Å²) in [7, 11) is 0. The zero-order valence-corrected chi connectivity index (χ0v) is 6.55. The van der Waals surface area contributed by atoms with E-state index >= 15 is 0 Å². The normalized spacial score (nSPS) is 11.3. The molecule has 0 aliphatic rings. The van der Waals surface area contributed by atoms with E-state index in [4.69, 9.17) is 0 Å². The van der Waals surface area contributed by atoms with Gasteiger partial charge in [-0.1, -0.05) is 12.1 Å². The largest absolute Gasteiger partial charge is 0.466 e. The van der Waals surface area contributed by atoms with E-state index in [1.165, 1.54) is 12.1 Å². The third-order valence-electron chi connectivity index (χ3n) is 1.24. The van der Waals surface area contributed by atoms with Crippen LogP contribution < -0.4 is 10.5 Å². The molecule has 0 unspecified atom stereocenters. The first kappa shape index (κ1) is 8.93. The summed E-state index contributed by atoms with van der Waals surface area (Å²) in [6, 6.07) is 6.31. The highest BCUT2D eigenvalue weighted by molar-refractivity contribution is 5.27. The van der Waals surface area contributed by atoms with Crippen molar-refractivity contribution in [2.24, 2.45) is 5.73 Å². The van der Waals surface area contributed by atoms with Crippen LogP contribution in [0, 0.1) is 6.92 Å². The number of hydrogen-bond donors (Lipinski definition) is 1. The van der Waals surface area contributed by atoms with Gasteiger partial charge in [-0.15, -0.1) is 8.78 Å². The van der Waals surface area contributed by atoms with Crippen molar-refractivity contribution in [3.05, 3.63) is 29.8 Å². The Morgan fingerprint density at radius 3 is 2.58 bits per heavy atom. The Morgan fingerprint density at radius 1 is 1.42 bits per heavy atom. The quantitative estimate of drug-likeness (QED) is 0.547. The standard InChI is InChI=1S/C8H9F2NO/c1-6-3-2-4-7(5-6)12-8(9,10)11/h2-5H,11H2,1H3. The summed E-state index contributed by atoms with van der Waals surface area (Å²) in [4.78, 5) is 0. The average Bonchev–Trinajstić information content (AvgIpc) is 1.82. The zero-order valence-electron chi connectivity index (χ0n) is 6.55. The minimum absolute atomic E-state index is 0.0718. The van der Waals surface area contributed by atoms with Gasteiger partial charge in [0.25, 0.3) is 0 Å². The highest BCUT2D eigenvalue weighted by Gasteiger charge is 2.24. The molecule has 0 aliphatic heterocycles. The first-order valence-electron chi connectivity index (χ1n) is 3.40. The van der Waals surface area contributed by atoms with Crippen molar-refractivity contribution in [1.82, 2.24) is 0 Å². The van der Waals surface area contributed by atoms with Gasteiger partial charge in [-0.2, -0.15) is 0 Å². The van der Waals surface area contributed by atoms with Gasteiger partial charge in [0, 0.05) is 0 Å². The molecule has 0 atom stereocenters. The Kier molecular flexibility index (Phi) is 2.28. The second-order valence-corrected chi connectivity index (χ2v) is 2.48. The summed E-state index contributed by atoms with van der Waals surface area (Å²) in [5.74, 6) is 0.0718. The van der Waals surface area contributed by atoms with E-state index in [-0.39, 0.29) is 5.75 Å². The fourth-order valence-electron chi connectivity index (χ4n) is 0.836. The number of alkyl halides is 2. The molecule has 0 radical (unpaired) electrons. The first-order chi connectivity index (χ1) is 5.47. The molecule has 0 aliphatic carbocycles. The maximum atomic E-state index is 12.1. The maximum Gasteiger partial charge on any atom is 0.466 e. The number of hydrogen-bond acceptors (Lipinski definition) is 2. The summed E-state index contributed by atoms with van der Waals surface area (Å²) in [5, 5.41) is 0. The van der Waals surface area contributed by atoms with Gasteiger partial charge in [0.2, 0.25) is 0 Å². The summed E-state index contributed by atoms with van der Waals surface area (Å²) < 4.78 is 28.3. The van der Waals surface area contributed by atoms with Gasteiger partial charge >= 0.3 is 6.23 Å². The molecule has 4 heteroatoms. The van der Waals surface area contributed by atoms with E-state index in [2.05, 4.69) is 10.5 Å². The number of ether oxygens (including phenoxy) is 1. The zero-order chi connectivity index (χ0) is 9.19. The monoisotopic (exact) mass is 173 g/mol. The van der Waals surface area contributed by atoms with Crippen molar-refractivity contribution >= 4 is 0 Å². The summed E-state index contributed by atoms with van der Waals surface area (Å²) in [5.41, 5.74) is 5.21. The van der Waals surface area contributed by atoms with E-state index in [1.54, 1.807) is 19.1 Å². The van der Waals surface area contributed by atoms with E-state index in [0.717, 1.165) is 5.56 Å². The van der Waals surface area contributed by atoms with Gasteiger partial charge in [-0.25, -0.2) is 5.73 Å². The van der Waals surface area contributed by atoms with Crippen LogP contribution in [0.1, 0.15) is 5.56 Å². The second kappa shape index (κ2) is 3.06. The van der Waals surface area contributed by atoms with Crippen LogP contribution in [0.15, 0.2) is 24.3 Å². The fraction of sp³-hybridized carbons (Fsp3) is 0.250. The van der Waals surface area contributed by atoms with Crippen LogP contribution in [-0.4, -0.2) is 6.23 Å². The van der Waals surface area contributed by atoms with Crippen molar-refractivity contribution < 1.29 is 13.5 Å². The number of rotatable bonds is 2. The highest BCUT2D eigenvalue weighted by Crippen LogP contribution is 2.18. The van der Waals surface area contributed by atoms with Crippen LogP contribution in [0.2, 0.25) is 0 Å². The molecule has 0 fully saturated rings. The van der Waals surface area contributed by atoms with Crippen LogP contribution in [-0.2, 0) is 0 Å². The first-order valence-corrected chi connectivity index (χ1v) is 3.40. The Morgan fingerprint density at radius 2 is 2.08 bits per heavy atom. The van der Waals surface area contributed by atoms with Crippen LogP contribution in [0.25, 0.3) is 0 Å². The molecule has 0 heterocycles. The third-order valence-corrected chi connectivity index (χ3v) is 1.24. The van der Waals surface area contributed by atoms with Crippen LogP contribution in [0.5, 0.6) is 5.75 Å². The van der Waals surface area contributed by atoms with Crippen LogP contribution >= 0.6 is 0 Å². The lowest BCUT2D eigenvalue weighted by Crippen LogP contribution is -2.35. The molecule has 0 saturated carbocycles. The van der Waals surface area contributed by atoms with Crippen LogP contribution in [0.4, 0.5) is 8.78 Å². The molecule has 0 saturated heterocycles. The van der Waals surface area contributed by atoms with E-state index < -0.39 is 6.23 Å². The van der Waals surface area contributed by atoms with Crippen molar-refractivity contribution in [2.45, 2.75) is 13.2 Å². The third kappa shape index (κ3) is 2.84. The molecule has 2 nitrogen and oxygen atoms in total. The topological polar surface area (TPSA) is 35.2 Å². The van der Waals surface area contributed by atoms with Crippen molar-refractivity contribution in [3.8, 4) is 5.75 Å². The molecule has 0 amide bonds. The minimum Gasteiger partial charge on any atom is -0.420 e. The Balaban J connectivity index is 2.77. The lowest BCUT2D eigenvalue weighted by atomic mass is 10.2. The van der Waals surface area contributed by atoms with E-state index in [0.29, 0.717) is 0 Å². The Labute approximate surface area is 68.9 Å². The lowest BCUT2D eigenvalue weighted by Gasteiger charge is -2.12. The predicted octanol–water partition coefficient (Wildman–Crippen LogP) is 1.88. The molecule has 12 heavy (non-hydrogen) atoms. The molecule has 0 bridgehead atoms. The predicted molar refractivity (Wildman–Crippen MR) is 40.9 cm³/mol. The van der Waals surface area contributed by atoms with E-state index in [9.17, 15) is 8.78 Å². The summed E-state index contributed by atoms with van der Waals surface area (Å²) in [6.07, 6.45) is -3.60. The number of aryl methyl sites for hydroxylation is 1. The van der Waals surface area contributed by atoms with Crippen molar-refractivity contribution in [3.63, 3.8) is 0 Å². The van der Waals surface area contributed by atoms with E-state index in [1.807, 2.05) is 0 Å². The van der Waals surface area contributed by atoms with Crippen molar-refractivity contribution in [1.29, 1.82) is 0 Å². The highest BCUT2D eigenvalue weighted by atomic mass is 19.3. The number of nitrogens with two attached hydrogens (primary N) is 1. The van der Waals surface area contributed by atoms with Gasteiger partial charge in [0.05, 0.1) is 0 Å². The number of benzene rings is 1. The Hall–Kier alpha value is -1.16.